The lowest BCUT2D eigenvalue weighted by Gasteiger charge is -2.25. The van der Waals surface area contributed by atoms with E-state index in [0.717, 1.165) is 11.8 Å². The number of thiocarbonyl (C=S) groups is 1. The summed E-state index contributed by atoms with van der Waals surface area (Å²) >= 11 is 5.51. The quantitative estimate of drug-likeness (QED) is 0.500. The first-order valence-electron chi connectivity index (χ1n) is 9.77. The van der Waals surface area contributed by atoms with Crippen LogP contribution in [0.2, 0.25) is 0 Å². The number of aromatic amines is 1. The molecule has 0 saturated heterocycles. The van der Waals surface area contributed by atoms with Gasteiger partial charge in [-0.05, 0) is 36.3 Å². The number of hydrogen-bond acceptors (Lipinski definition) is 5. The van der Waals surface area contributed by atoms with E-state index in [9.17, 15) is 9.90 Å². The SMILES string of the molecule is O=c1[nH]c2cc3c(cc2cc1CN(CCO)C(=S)NCCc1ccccc1)OCO3. The molecular weight excluding hydrogens is 402 g/mol. The van der Waals surface area contributed by atoms with Crippen LogP contribution in [0.1, 0.15) is 11.1 Å². The Bertz CT molecular complexity index is 1100. The molecule has 0 spiro atoms. The van der Waals surface area contributed by atoms with Gasteiger partial charge in [0, 0.05) is 30.1 Å². The van der Waals surface area contributed by atoms with Gasteiger partial charge in [0.05, 0.1) is 18.7 Å². The molecule has 0 fully saturated rings. The molecule has 0 atom stereocenters. The van der Waals surface area contributed by atoms with Crippen molar-refractivity contribution in [3.63, 3.8) is 0 Å². The molecule has 8 heteroatoms. The van der Waals surface area contributed by atoms with Crippen LogP contribution >= 0.6 is 12.2 Å². The minimum Gasteiger partial charge on any atom is -0.454 e. The molecule has 1 aromatic heterocycles. The van der Waals surface area contributed by atoms with Gasteiger partial charge in [0.2, 0.25) is 6.79 Å². The molecule has 0 saturated carbocycles. The van der Waals surface area contributed by atoms with Crippen molar-refractivity contribution in [1.82, 2.24) is 15.2 Å². The summed E-state index contributed by atoms with van der Waals surface area (Å²) in [6, 6.07) is 15.6. The summed E-state index contributed by atoms with van der Waals surface area (Å²) in [6.07, 6.45) is 0.831. The van der Waals surface area contributed by atoms with Crippen LogP contribution in [0.25, 0.3) is 10.9 Å². The summed E-state index contributed by atoms with van der Waals surface area (Å²) in [5.41, 5.74) is 2.26. The molecule has 0 radical (unpaired) electrons. The van der Waals surface area contributed by atoms with E-state index in [-0.39, 0.29) is 25.5 Å². The van der Waals surface area contributed by atoms with Crippen LogP contribution in [0.15, 0.2) is 53.3 Å². The zero-order chi connectivity index (χ0) is 20.9. The predicted octanol–water partition coefficient (Wildman–Crippen LogP) is 2.17. The Hall–Kier alpha value is -3.10. The maximum atomic E-state index is 12.6. The number of nitrogens with one attached hydrogen (secondary N) is 2. The minimum atomic E-state index is -0.198. The van der Waals surface area contributed by atoms with Gasteiger partial charge in [-0.15, -0.1) is 0 Å². The third kappa shape index (κ3) is 4.55. The molecular formula is C22H23N3O4S. The number of pyridine rings is 1. The molecule has 2 heterocycles. The third-order valence-corrected chi connectivity index (χ3v) is 5.37. The van der Waals surface area contributed by atoms with E-state index in [1.54, 1.807) is 11.0 Å². The van der Waals surface area contributed by atoms with Crippen LogP contribution in [0.5, 0.6) is 11.5 Å². The second-order valence-corrected chi connectivity index (χ2v) is 7.42. The summed E-state index contributed by atoms with van der Waals surface area (Å²) in [4.78, 5) is 17.3. The lowest BCUT2D eigenvalue weighted by Crippen LogP contribution is -2.42. The van der Waals surface area contributed by atoms with Crippen molar-refractivity contribution >= 4 is 28.2 Å². The lowest BCUT2D eigenvalue weighted by molar-refractivity contribution is 0.174. The molecule has 156 valence electrons. The number of fused-ring (bicyclic) bond motifs is 2. The number of nitrogens with zero attached hydrogens (tertiary/aromatic N) is 1. The van der Waals surface area contributed by atoms with Crippen molar-refractivity contribution in [2.75, 3.05) is 26.5 Å². The van der Waals surface area contributed by atoms with E-state index in [1.165, 1.54) is 5.56 Å². The monoisotopic (exact) mass is 425 g/mol. The summed E-state index contributed by atoms with van der Waals surface area (Å²) in [5, 5.41) is 14.0. The van der Waals surface area contributed by atoms with Gasteiger partial charge in [-0.1, -0.05) is 30.3 Å². The lowest BCUT2D eigenvalue weighted by atomic mass is 10.1. The largest absolute Gasteiger partial charge is 0.454 e. The fourth-order valence-electron chi connectivity index (χ4n) is 3.41. The number of hydrogen-bond donors (Lipinski definition) is 3. The first-order valence-corrected chi connectivity index (χ1v) is 10.2. The van der Waals surface area contributed by atoms with Crippen LogP contribution in [0.4, 0.5) is 0 Å². The first kappa shape index (κ1) is 20.2. The van der Waals surface area contributed by atoms with Gasteiger partial charge in [-0.25, -0.2) is 0 Å². The van der Waals surface area contributed by atoms with Crippen LogP contribution in [-0.2, 0) is 13.0 Å². The van der Waals surface area contributed by atoms with E-state index < -0.39 is 0 Å². The Balaban J connectivity index is 1.47. The van der Waals surface area contributed by atoms with E-state index in [4.69, 9.17) is 21.7 Å². The van der Waals surface area contributed by atoms with E-state index in [2.05, 4.69) is 22.4 Å². The fourth-order valence-corrected chi connectivity index (χ4v) is 3.67. The number of aliphatic hydroxyl groups is 1. The number of ether oxygens (including phenoxy) is 2. The minimum absolute atomic E-state index is 0.0648. The number of rotatable bonds is 7. The highest BCUT2D eigenvalue weighted by Crippen LogP contribution is 2.35. The molecule has 4 rings (SSSR count). The van der Waals surface area contributed by atoms with Gasteiger partial charge in [0.1, 0.15) is 0 Å². The normalized spacial score (nSPS) is 12.2. The van der Waals surface area contributed by atoms with E-state index >= 15 is 0 Å². The Morgan fingerprint density at radius 2 is 1.93 bits per heavy atom. The fraction of sp³-hybridized carbons (Fsp3) is 0.273. The van der Waals surface area contributed by atoms with Gasteiger partial charge in [0.15, 0.2) is 16.6 Å². The predicted molar refractivity (Wildman–Crippen MR) is 119 cm³/mol. The van der Waals surface area contributed by atoms with Crippen molar-refractivity contribution in [2.45, 2.75) is 13.0 Å². The number of benzene rings is 2. The van der Waals surface area contributed by atoms with Crippen LogP contribution < -0.4 is 20.3 Å². The highest BCUT2D eigenvalue weighted by atomic mass is 32.1. The summed E-state index contributed by atoms with van der Waals surface area (Å²) < 4.78 is 10.8. The molecule has 0 bridgehead atoms. The Labute approximate surface area is 179 Å². The van der Waals surface area contributed by atoms with Crippen LogP contribution in [0, 0.1) is 0 Å². The number of H-pyrrole nitrogens is 1. The van der Waals surface area contributed by atoms with Crippen molar-refractivity contribution in [1.29, 1.82) is 0 Å². The maximum Gasteiger partial charge on any atom is 0.253 e. The smallest absolute Gasteiger partial charge is 0.253 e. The molecule has 0 amide bonds. The highest BCUT2D eigenvalue weighted by Gasteiger charge is 2.17. The molecule has 3 aromatic rings. The number of aliphatic hydroxyl groups excluding tert-OH is 1. The molecule has 7 nitrogen and oxygen atoms in total. The molecule has 3 N–H and O–H groups in total. The van der Waals surface area contributed by atoms with Gasteiger partial charge in [-0.2, -0.15) is 0 Å². The average molecular weight is 426 g/mol. The first-order chi connectivity index (χ1) is 14.6. The van der Waals surface area contributed by atoms with Crippen LogP contribution in [-0.4, -0.2) is 46.6 Å². The van der Waals surface area contributed by atoms with Gasteiger partial charge < -0.3 is 29.8 Å². The maximum absolute atomic E-state index is 12.6. The standard InChI is InChI=1S/C22H23N3O4S/c26-9-8-25(22(30)23-7-6-15-4-2-1-3-5-15)13-17-10-16-11-19-20(29-14-28-19)12-18(16)24-21(17)27/h1-5,10-12,26H,6-9,13-14H2,(H,23,30)(H,24,27). The zero-order valence-electron chi connectivity index (χ0n) is 16.4. The van der Waals surface area contributed by atoms with E-state index in [0.29, 0.717) is 40.8 Å². The molecule has 30 heavy (non-hydrogen) atoms. The summed E-state index contributed by atoms with van der Waals surface area (Å²) in [5.74, 6) is 1.28. The highest BCUT2D eigenvalue weighted by molar-refractivity contribution is 7.80. The molecule has 0 aliphatic carbocycles. The average Bonchev–Trinajstić information content (AvgIpc) is 3.20. The van der Waals surface area contributed by atoms with Crippen LogP contribution in [0.3, 0.4) is 0 Å². The van der Waals surface area contributed by atoms with Crippen molar-refractivity contribution in [3.8, 4) is 11.5 Å². The van der Waals surface area contributed by atoms with Crippen molar-refractivity contribution in [2.24, 2.45) is 0 Å². The van der Waals surface area contributed by atoms with E-state index in [1.807, 2.05) is 30.3 Å². The third-order valence-electron chi connectivity index (χ3n) is 4.97. The van der Waals surface area contributed by atoms with Gasteiger partial charge in [0.25, 0.3) is 5.56 Å². The summed E-state index contributed by atoms with van der Waals surface area (Å²) in [7, 11) is 0. The summed E-state index contributed by atoms with van der Waals surface area (Å²) in [6.45, 7) is 1.40. The number of aromatic nitrogens is 1. The second kappa shape index (κ2) is 9.15. The molecule has 0 unspecified atom stereocenters. The van der Waals surface area contributed by atoms with Gasteiger partial charge in [-0.3, -0.25) is 4.79 Å². The van der Waals surface area contributed by atoms with Crippen molar-refractivity contribution in [3.05, 3.63) is 70.0 Å². The van der Waals surface area contributed by atoms with Gasteiger partial charge >= 0.3 is 0 Å². The Morgan fingerprint density at radius 3 is 2.70 bits per heavy atom. The Kier molecular flexibility index (Phi) is 6.15. The zero-order valence-corrected chi connectivity index (χ0v) is 17.2. The molecule has 1 aliphatic rings. The topological polar surface area (TPSA) is 86.8 Å². The second-order valence-electron chi connectivity index (χ2n) is 7.03. The molecule has 2 aromatic carbocycles. The van der Waals surface area contributed by atoms with Crippen molar-refractivity contribution < 1.29 is 14.6 Å². The Morgan fingerprint density at radius 1 is 1.17 bits per heavy atom. The molecule has 1 aliphatic heterocycles.